The number of aryl methyl sites for hydroxylation is 1. The lowest BCUT2D eigenvalue weighted by molar-refractivity contribution is -0.0204. The van der Waals surface area contributed by atoms with E-state index in [-0.39, 0.29) is 22.0 Å². The van der Waals surface area contributed by atoms with E-state index in [4.69, 9.17) is 21.3 Å². The Morgan fingerprint density at radius 3 is 2.52 bits per heavy atom. The summed E-state index contributed by atoms with van der Waals surface area (Å²) in [7, 11) is -3.78. The van der Waals surface area contributed by atoms with Crippen LogP contribution in [0.2, 0.25) is 5.15 Å². The minimum absolute atomic E-state index is 0.0961. The molecule has 1 fully saturated rings. The summed E-state index contributed by atoms with van der Waals surface area (Å²) in [5.41, 5.74) is 3.34. The van der Waals surface area contributed by atoms with Crippen molar-refractivity contribution >= 4 is 32.5 Å². The summed E-state index contributed by atoms with van der Waals surface area (Å²) < 4.78 is 30.9. The summed E-state index contributed by atoms with van der Waals surface area (Å²) in [4.78, 5) is 24.9. The molecule has 33 heavy (non-hydrogen) atoms. The topological polar surface area (TPSA) is 102 Å². The van der Waals surface area contributed by atoms with E-state index < -0.39 is 15.3 Å². The molecule has 1 saturated heterocycles. The molecule has 0 spiro atoms. The molecular weight excluding hydrogens is 462 g/mol. The lowest BCUT2D eigenvalue weighted by atomic mass is 9.98. The Bertz CT molecular complexity index is 1510. The molecule has 0 aliphatic carbocycles. The van der Waals surface area contributed by atoms with Gasteiger partial charge in [-0.1, -0.05) is 41.9 Å². The van der Waals surface area contributed by atoms with Crippen LogP contribution in [0.4, 0.5) is 0 Å². The highest BCUT2D eigenvalue weighted by atomic mass is 35.5. The van der Waals surface area contributed by atoms with Crippen molar-refractivity contribution in [3.05, 3.63) is 75.8 Å². The van der Waals surface area contributed by atoms with Crippen molar-refractivity contribution in [2.75, 3.05) is 19.0 Å². The van der Waals surface area contributed by atoms with E-state index in [1.807, 2.05) is 43.3 Å². The van der Waals surface area contributed by atoms with E-state index in [1.165, 1.54) is 6.20 Å². The molecule has 1 aliphatic heterocycles. The standard InChI is InChI=1S/C24H20ClN3O4S/c1-14-7-17(8-21(25)27-14)18-9-19-23(29)20(33(30,31)13-15-11-32-12-15)10-26-24(19)28-22(18)16-5-3-2-4-6-16/h2-10,15H,11-13H2,1H3,(H,26,28,29). The Hall–Kier alpha value is -3.07. The number of aromatic amines is 1. The maximum atomic E-state index is 13.3. The van der Waals surface area contributed by atoms with Gasteiger partial charge in [0, 0.05) is 28.9 Å². The van der Waals surface area contributed by atoms with Gasteiger partial charge < -0.3 is 9.72 Å². The van der Waals surface area contributed by atoms with Crippen LogP contribution in [0.5, 0.6) is 0 Å². The zero-order chi connectivity index (χ0) is 23.2. The van der Waals surface area contributed by atoms with Gasteiger partial charge >= 0.3 is 0 Å². The average Bonchev–Trinajstić information content (AvgIpc) is 2.76. The second kappa shape index (κ2) is 8.37. The molecule has 9 heteroatoms. The van der Waals surface area contributed by atoms with Crippen LogP contribution in [0, 0.1) is 12.8 Å². The van der Waals surface area contributed by atoms with Crippen LogP contribution in [0.25, 0.3) is 33.4 Å². The Morgan fingerprint density at radius 2 is 1.85 bits per heavy atom. The van der Waals surface area contributed by atoms with Crippen molar-refractivity contribution in [3.63, 3.8) is 0 Å². The third-order valence-corrected chi connectivity index (χ3v) is 7.69. The summed E-state index contributed by atoms with van der Waals surface area (Å²) >= 11 is 6.21. The van der Waals surface area contributed by atoms with Crippen LogP contribution in [-0.2, 0) is 14.6 Å². The molecule has 1 N–H and O–H groups in total. The number of halogens is 1. The average molecular weight is 482 g/mol. The zero-order valence-electron chi connectivity index (χ0n) is 17.7. The number of nitrogens with one attached hydrogen (secondary N) is 1. The first-order valence-electron chi connectivity index (χ1n) is 10.4. The van der Waals surface area contributed by atoms with E-state index in [9.17, 15) is 13.2 Å². The number of hydrogen-bond acceptors (Lipinski definition) is 6. The van der Waals surface area contributed by atoms with Gasteiger partial charge in [-0.3, -0.25) is 4.79 Å². The van der Waals surface area contributed by atoms with Gasteiger partial charge in [-0.05, 0) is 30.7 Å². The van der Waals surface area contributed by atoms with Gasteiger partial charge in [0.05, 0.1) is 30.0 Å². The van der Waals surface area contributed by atoms with Crippen molar-refractivity contribution in [1.82, 2.24) is 15.0 Å². The zero-order valence-corrected chi connectivity index (χ0v) is 19.3. The summed E-state index contributed by atoms with van der Waals surface area (Å²) in [6, 6.07) is 14.8. The number of benzene rings is 1. The predicted octanol–water partition coefficient (Wildman–Crippen LogP) is 4.03. The minimum atomic E-state index is -3.78. The summed E-state index contributed by atoms with van der Waals surface area (Å²) in [6.45, 7) is 2.60. The van der Waals surface area contributed by atoms with Crippen LogP contribution >= 0.6 is 11.6 Å². The van der Waals surface area contributed by atoms with E-state index in [2.05, 4.69) is 9.97 Å². The van der Waals surface area contributed by atoms with Crippen molar-refractivity contribution in [2.24, 2.45) is 5.92 Å². The van der Waals surface area contributed by atoms with Crippen LogP contribution in [0.1, 0.15) is 5.69 Å². The molecule has 0 saturated carbocycles. The van der Waals surface area contributed by atoms with E-state index in [1.54, 1.807) is 12.1 Å². The van der Waals surface area contributed by atoms with E-state index in [0.29, 0.717) is 41.0 Å². The first-order valence-corrected chi connectivity index (χ1v) is 12.4. The van der Waals surface area contributed by atoms with E-state index >= 15 is 0 Å². The maximum absolute atomic E-state index is 13.3. The molecule has 3 aromatic heterocycles. The Balaban J connectivity index is 1.75. The molecule has 5 rings (SSSR count). The molecule has 0 radical (unpaired) electrons. The number of aromatic nitrogens is 3. The Kier molecular flexibility index (Phi) is 5.52. The lowest BCUT2D eigenvalue weighted by Crippen LogP contribution is -2.35. The van der Waals surface area contributed by atoms with Crippen LogP contribution in [0.15, 0.2) is 64.4 Å². The minimum Gasteiger partial charge on any atom is -0.381 e. The molecule has 0 unspecified atom stereocenters. The highest BCUT2D eigenvalue weighted by molar-refractivity contribution is 7.91. The molecule has 0 amide bonds. The first-order chi connectivity index (χ1) is 15.8. The summed E-state index contributed by atoms with van der Waals surface area (Å²) in [6.07, 6.45) is 1.24. The van der Waals surface area contributed by atoms with Crippen molar-refractivity contribution in [3.8, 4) is 22.4 Å². The molecule has 4 aromatic rings. The van der Waals surface area contributed by atoms with Crippen molar-refractivity contribution in [2.45, 2.75) is 11.8 Å². The van der Waals surface area contributed by atoms with Gasteiger partial charge in [0.1, 0.15) is 15.7 Å². The van der Waals surface area contributed by atoms with Gasteiger partial charge in [-0.2, -0.15) is 0 Å². The van der Waals surface area contributed by atoms with Crippen molar-refractivity contribution in [1.29, 1.82) is 0 Å². The molecule has 4 heterocycles. The molecule has 1 aromatic carbocycles. The first kappa shape index (κ1) is 21.8. The second-order valence-corrected chi connectivity index (χ2v) is 10.5. The quantitative estimate of drug-likeness (QED) is 0.432. The second-order valence-electron chi connectivity index (χ2n) is 8.13. The molecule has 168 valence electrons. The van der Waals surface area contributed by atoms with Gasteiger partial charge in [-0.25, -0.2) is 18.4 Å². The Labute approximate surface area is 195 Å². The molecule has 1 aliphatic rings. The summed E-state index contributed by atoms with van der Waals surface area (Å²) in [5.74, 6) is -0.218. The van der Waals surface area contributed by atoms with Gasteiger partial charge in [0.15, 0.2) is 9.84 Å². The number of sulfone groups is 1. The normalized spacial score (nSPS) is 14.4. The van der Waals surface area contributed by atoms with Gasteiger partial charge in [-0.15, -0.1) is 0 Å². The van der Waals surface area contributed by atoms with Gasteiger partial charge in [0.25, 0.3) is 0 Å². The number of H-pyrrole nitrogens is 1. The molecule has 0 atom stereocenters. The van der Waals surface area contributed by atoms with Crippen LogP contribution in [-0.4, -0.2) is 42.3 Å². The number of nitrogens with zero attached hydrogens (tertiary/aromatic N) is 2. The number of hydrogen-bond donors (Lipinski definition) is 1. The summed E-state index contributed by atoms with van der Waals surface area (Å²) in [5, 5.41) is 0.512. The fourth-order valence-electron chi connectivity index (χ4n) is 3.96. The molecule has 7 nitrogen and oxygen atoms in total. The SMILES string of the molecule is Cc1cc(-c2cc3c(=O)c(S(=O)(=O)CC4COC4)c[nH]c3nc2-c2ccccc2)cc(Cl)n1. The monoisotopic (exact) mass is 481 g/mol. The highest BCUT2D eigenvalue weighted by Gasteiger charge is 2.29. The third kappa shape index (κ3) is 4.17. The largest absolute Gasteiger partial charge is 0.381 e. The highest BCUT2D eigenvalue weighted by Crippen LogP contribution is 2.34. The smallest absolute Gasteiger partial charge is 0.209 e. The Morgan fingerprint density at radius 1 is 1.09 bits per heavy atom. The van der Waals surface area contributed by atoms with Gasteiger partial charge in [0.2, 0.25) is 5.43 Å². The van der Waals surface area contributed by atoms with Crippen molar-refractivity contribution < 1.29 is 13.2 Å². The third-order valence-electron chi connectivity index (χ3n) is 5.61. The van der Waals surface area contributed by atoms with Crippen LogP contribution in [0.3, 0.4) is 0 Å². The predicted molar refractivity (Wildman–Crippen MR) is 127 cm³/mol. The number of rotatable bonds is 5. The number of ether oxygens (including phenoxy) is 1. The number of pyridine rings is 3. The van der Waals surface area contributed by atoms with E-state index in [0.717, 1.165) is 11.1 Å². The molecular formula is C24H20ClN3O4S. The number of fused-ring (bicyclic) bond motifs is 1. The maximum Gasteiger partial charge on any atom is 0.209 e. The fraction of sp³-hybridized carbons (Fsp3) is 0.208. The lowest BCUT2D eigenvalue weighted by Gasteiger charge is -2.25. The van der Waals surface area contributed by atoms with Crippen LogP contribution < -0.4 is 5.43 Å². The molecule has 0 bridgehead atoms. The fourth-order valence-corrected chi connectivity index (χ4v) is 5.83.